The lowest BCUT2D eigenvalue weighted by Crippen LogP contribution is -2.35. The average Bonchev–Trinajstić information content (AvgIpc) is 3.15. The van der Waals surface area contributed by atoms with Gasteiger partial charge in [0.25, 0.3) is 5.91 Å². The number of thioether (sulfide) groups is 1. The van der Waals surface area contributed by atoms with Crippen LogP contribution in [0.2, 0.25) is 0 Å². The Bertz CT molecular complexity index is 1340. The van der Waals surface area contributed by atoms with Crippen molar-refractivity contribution in [3.8, 4) is 0 Å². The number of hydrogen-bond donors (Lipinski definition) is 2. The Labute approximate surface area is 208 Å². The second-order valence-corrected chi connectivity index (χ2v) is 9.61. The first-order valence-electron chi connectivity index (χ1n) is 11.3. The number of fused-ring (bicyclic) bond motifs is 1. The molecule has 1 atom stereocenters. The van der Waals surface area contributed by atoms with Gasteiger partial charge in [0.15, 0.2) is 5.16 Å². The summed E-state index contributed by atoms with van der Waals surface area (Å²) in [6.45, 7) is 8.07. The van der Waals surface area contributed by atoms with E-state index in [-0.39, 0.29) is 17.7 Å². The molecule has 3 aromatic heterocycles. The van der Waals surface area contributed by atoms with Crippen LogP contribution in [0.4, 0.5) is 5.82 Å². The Kier molecular flexibility index (Phi) is 7.45. The van der Waals surface area contributed by atoms with Crippen molar-refractivity contribution in [1.82, 2.24) is 20.3 Å². The van der Waals surface area contributed by atoms with Crippen LogP contribution in [-0.4, -0.2) is 32.0 Å². The number of anilines is 1. The number of benzene rings is 1. The quantitative estimate of drug-likeness (QED) is 0.267. The molecule has 1 aromatic carbocycles. The number of nitrogens with one attached hydrogen (secondary N) is 2. The van der Waals surface area contributed by atoms with E-state index in [0.29, 0.717) is 39.9 Å². The van der Waals surface area contributed by atoms with Crippen molar-refractivity contribution in [1.29, 1.82) is 0 Å². The van der Waals surface area contributed by atoms with Crippen molar-refractivity contribution in [2.75, 3.05) is 5.32 Å². The van der Waals surface area contributed by atoms with Crippen LogP contribution >= 0.6 is 11.8 Å². The highest BCUT2D eigenvalue weighted by atomic mass is 32.2. The number of pyridine rings is 1. The van der Waals surface area contributed by atoms with Gasteiger partial charge in [0, 0.05) is 30.1 Å². The summed E-state index contributed by atoms with van der Waals surface area (Å²) in [6, 6.07) is 12.7. The van der Waals surface area contributed by atoms with Gasteiger partial charge < -0.3 is 15.1 Å². The summed E-state index contributed by atoms with van der Waals surface area (Å²) in [5.41, 5.74) is 2.66. The van der Waals surface area contributed by atoms with Gasteiger partial charge in [-0.3, -0.25) is 14.6 Å². The molecule has 0 aliphatic rings. The molecule has 9 heteroatoms. The predicted molar refractivity (Wildman–Crippen MR) is 136 cm³/mol. The Morgan fingerprint density at radius 3 is 2.51 bits per heavy atom. The lowest BCUT2D eigenvalue weighted by Gasteiger charge is -2.19. The van der Waals surface area contributed by atoms with Crippen molar-refractivity contribution in [2.24, 2.45) is 5.92 Å². The molecule has 0 saturated heterocycles. The topological polar surface area (TPSA) is 110 Å². The molecule has 0 saturated carbocycles. The smallest absolute Gasteiger partial charge is 0.256 e. The molecule has 4 rings (SSSR count). The molecule has 35 heavy (non-hydrogen) atoms. The molecule has 0 fully saturated rings. The molecule has 2 N–H and O–H groups in total. The monoisotopic (exact) mass is 489 g/mol. The number of carbonyl (C=O) groups excluding carboxylic acids is 2. The molecule has 0 aliphatic carbocycles. The largest absolute Gasteiger partial charge is 0.443 e. The molecular formula is C26H27N5O3S. The summed E-state index contributed by atoms with van der Waals surface area (Å²) >= 11 is 1.25. The van der Waals surface area contributed by atoms with Gasteiger partial charge in [-0.2, -0.15) is 4.98 Å². The zero-order valence-corrected chi connectivity index (χ0v) is 20.8. The minimum absolute atomic E-state index is 0.00984. The third-order valence-electron chi connectivity index (χ3n) is 5.56. The maximum atomic E-state index is 13.0. The van der Waals surface area contributed by atoms with E-state index in [1.165, 1.54) is 11.8 Å². The van der Waals surface area contributed by atoms with Crippen LogP contribution in [0.3, 0.4) is 0 Å². The standard InChI is InChI=1S/C26H27N5O3S/c1-15(2)21(24(33)28-14-18-9-8-12-27-13-18)35-26-30-22(20-16(3)17(4)34-25(20)31-26)29-23(32)19-10-6-5-7-11-19/h5-13,15,21H,14H2,1-4H3,(H,28,33)(H,29,30,31,32). The van der Waals surface area contributed by atoms with Gasteiger partial charge in [0.2, 0.25) is 11.6 Å². The molecule has 1 unspecified atom stereocenters. The summed E-state index contributed by atoms with van der Waals surface area (Å²) in [4.78, 5) is 39.2. The third kappa shape index (κ3) is 5.68. The number of carbonyl (C=O) groups is 2. The Morgan fingerprint density at radius 2 is 1.83 bits per heavy atom. The highest BCUT2D eigenvalue weighted by molar-refractivity contribution is 8.00. The normalized spacial score (nSPS) is 12.0. The van der Waals surface area contributed by atoms with Crippen molar-refractivity contribution in [3.63, 3.8) is 0 Å². The zero-order chi connectivity index (χ0) is 24.9. The first kappa shape index (κ1) is 24.4. The Balaban J connectivity index is 1.61. The van der Waals surface area contributed by atoms with Gasteiger partial charge >= 0.3 is 0 Å². The summed E-state index contributed by atoms with van der Waals surface area (Å²) in [6.07, 6.45) is 3.41. The van der Waals surface area contributed by atoms with Crippen molar-refractivity contribution >= 4 is 40.5 Å². The highest BCUT2D eigenvalue weighted by Crippen LogP contribution is 2.33. The van der Waals surface area contributed by atoms with Gasteiger partial charge in [0.05, 0.1) is 10.6 Å². The van der Waals surface area contributed by atoms with E-state index in [9.17, 15) is 9.59 Å². The van der Waals surface area contributed by atoms with Crippen LogP contribution in [0.15, 0.2) is 64.4 Å². The average molecular weight is 490 g/mol. The fourth-order valence-corrected chi connectivity index (χ4v) is 4.51. The molecule has 2 amide bonds. The van der Waals surface area contributed by atoms with E-state index < -0.39 is 5.25 Å². The highest BCUT2D eigenvalue weighted by Gasteiger charge is 2.26. The number of aromatic nitrogens is 3. The van der Waals surface area contributed by atoms with Crippen molar-refractivity contribution in [3.05, 3.63) is 77.3 Å². The van der Waals surface area contributed by atoms with E-state index in [0.717, 1.165) is 11.1 Å². The van der Waals surface area contributed by atoms with Gasteiger partial charge in [0.1, 0.15) is 11.6 Å². The van der Waals surface area contributed by atoms with Crippen LogP contribution in [0.1, 0.15) is 41.1 Å². The number of furan rings is 1. The summed E-state index contributed by atoms with van der Waals surface area (Å²) in [5, 5.41) is 6.43. The Morgan fingerprint density at radius 1 is 1.06 bits per heavy atom. The molecule has 0 radical (unpaired) electrons. The van der Waals surface area contributed by atoms with Gasteiger partial charge in [-0.1, -0.05) is 49.9 Å². The third-order valence-corrected chi connectivity index (χ3v) is 6.97. The lowest BCUT2D eigenvalue weighted by atomic mass is 10.1. The second-order valence-electron chi connectivity index (χ2n) is 8.50. The van der Waals surface area contributed by atoms with Crippen LogP contribution in [0.5, 0.6) is 0 Å². The van der Waals surface area contributed by atoms with E-state index in [4.69, 9.17) is 4.42 Å². The fraction of sp³-hybridized carbons (Fsp3) is 0.269. The van der Waals surface area contributed by atoms with Crippen LogP contribution < -0.4 is 10.6 Å². The SMILES string of the molecule is Cc1oc2nc(SC(C(=O)NCc3cccnc3)C(C)C)nc(NC(=O)c3ccccc3)c2c1C. The minimum atomic E-state index is -0.445. The molecule has 3 heterocycles. The number of rotatable bonds is 8. The molecule has 8 nitrogen and oxygen atoms in total. The number of aryl methyl sites for hydroxylation is 2. The van der Waals surface area contributed by atoms with Crippen molar-refractivity contribution < 1.29 is 14.0 Å². The first-order chi connectivity index (χ1) is 16.8. The summed E-state index contributed by atoms with van der Waals surface area (Å²) in [7, 11) is 0. The van der Waals surface area contributed by atoms with Crippen molar-refractivity contribution in [2.45, 2.75) is 44.6 Å². The van der Waals surface area contributed by atoms with E-state index in [1.807, 2.05) is 45.9 Å². The second kappa shape index (κ2) is 10.7. The van der Waals surface area contributed by atoms with Crippen LogP contribution in [0, 0.1) is 19.8 Å². The number of amides is 2. The first-order valence-corrected chi connectivity index (χ1v) is 12.2. The van der Waals surface area contributed by atoms with E-state index >= 15 is 0 Å². The lowest BCUT2D eigenvalue weighted by molar-refractivity contribution is -0.121. The van der Waals surface area contributed by atoms with E-state index in [1.54, 1.807) is 36.7 Å². The molecule has 0 spiro atoms. The Hall–Kier alpha value is -3.72. The zero-order valence-electron chi connectivity index (χ0n) is 20.0. The molecule has 0 bridgehead atoms. The van der Waals surface area contributed by atoms with Gasteiger partial charge in [-0.05, 0) is 43.5 Å². The minimum Gasteiger partial charge on any atom is -0.443 e. The summed E-state index contributed by atoms with van der Waals surface area (Å²) < 4.78 is 5.85. The molecule has 180 valence electrons. The molecule has 0 aliphatic heterocycles. The predicted octanol–water partition coefficient (Wildman–Crippen LogP) is 4.92. The van der Waals surface area contributed by atoms with Gasteiger partial charge in [-0.15, -0.1) is 0 Å². The summed E-state index contributed by atoms with van der Waals surface area (Å²) in [5.74, 6) is 0.657. The van der Waals surface area contributed by atoms with E-state index in [2.05, 4.69) is 25.6 Å². The molecule has 4 aromatic rings. The fourth-order valence-electron chi connectivity index (χ4n) is 3.54. The van der Waals surface area contributed by atoms with Gasteiger partial charge in [-0.25, -0.2) is 4.98 Å². The maximum Gasteiger partial charge on any atom is 0.256 e. The number of nitrogens with zero attached hydrogens (tertiary/aromatic N) is 3. The number of hydrogen-bond acceptors (Lipinski definition) is 7. The van der Waals surface area contributed by atoms with Crippen LogP contribution in [-0.2, 0) is 11.3 Å². The molecular weight excluding hydrogens is 462 g/mol. The van der Waals surface area contributed by atoms with Crippen LogP contribution in [0.25, 0.3) is 11.1 Å². The maximum absolute atomic E-state index is 13.0.